The fraction of sp³-hybridized carbons (Fsp3) is 0.667. The van der Waals surface area contributed by atoms with Gasteiger partial charge in [0.1, 0.15) is 5.76 Å². The van der Waals surface area contributed by atoms with E-state index in [1.165, 1.54) is 25.5 Å². The van der Waals surface area contributed by atoms with Gasteiger partial charge in [0.2, 0.25) is 5.76 Å². The number of morpholine rings is 1. The minimum Gasteiger partial charge on any atom is -0.475 e. The fourth-order valence-corrected chi connectivity index (χ4v) is 3.12. The van der Waals surface area contributed by atoms with E-state index in [9.17, 15) is 4.79 Å². The van der Waals surface area contributed by atoms with E-state index in [0.29, 0.717) is 11.8 Å². The molecule has 2 saturated heterocycles. The van der Waals surface area contributed by atoms with Crippen LogP contribution in [0.4, 0.5) is 0 Å². The lowest BCUT2D eigenvalue weighted by Crippen LogP contribution is -2.49. The molecular formula is C15H22N2O4. The summed E-state index contributed by atoms with van der Waals surface area (Å²) in [5.74, 6) is -0.418. The number of hydrogen-bond donors (Lipinski definition) is 2. The summed E-state index contributed by atoms with van der Waals surface area (Å²) < 4.78 is 11.2. The molecule has 21 heavy (non-hydrogen) atoms. The molecule has 0 aromatic carbocycles. The summed E-state index contributed by atoms with van der Waals surface area (Å²) in [6, 6.07) is 3.78. The quantitative estimate of drug-likeness (QED) is 0.857. The van der Waals surface area contributed by atoms with E-state index in [4.69, 9.17) is 14.3 Å². The maximum atomic E-state index is 10.8. The van der Waals surface area contributed by atoms with Crippen LogP contribution in [0, 0.1) is 0 Å². The van der Waals surface area contributed by atoms with E-state index >= 15 is 0 Å². The Hall–Kier alpha value is -1.37. The topological polar surface area (TPSA) is 74.9 Å². The number of carbonyl (C=O) groups is 1. The van der Waals surface area contributed by atoms with Crippen LogP contribution >= 0.6 is 0 Å². The van der Waals surface area contributed by atoms with Gasteiger partial charge in [-0.3, -0.25) is 4.90 Å². The standard InChI is InChI=1S/C15H22N2O4/c1-10(13-4-5-14(21-13)15(18)19)16-7-12-8-17-6-2-3-11(17)9-20-12/h4-5,10-12,16H,2-3,6-9H2,1H3,(H,18,19). The SMILES string of the molecule is CC(NCC1CN2CCCC2CO1)c1ccc(C(=O)O)o1. The maximum absolute atomic E-state index is 10.8. The van der Waals surface area contributed by atoms with Gasteiger partial charge in [-0.2, -0.15) is 0 Å². The van der Waals surface area contributed by atoms with Crippen LogP contribution < -0.4 is 5.32 Å². The first-order valence-corrected chi connectivity index (χ1v) is 7.55. The van der Waals surface area contributed by atoms with Crippen molar-refractivity contribution in [3.63, 3.8) is 0 Å². The summed E-state index contributed by atoms with van der Waals surface area (Å²) in [4.78, 5) is 13.3. The number of fused-ring (bicyclic) bond motifs is 1. The van der Waals surface area contributed by atoms with Gasteiger partial charge >= 0.3 is 5.97 Å². The summed E-state index contributed by atoms with van der Waals surface area (Å²) >= 11 is 0. The molecule has 6 nitrogen and oxygen atoms in total. The van der Waals surface area contributed by atoms with Gasteiger partial charge < -0.3 is 19.6 Å². The van der Waals surface area contributed by atoms with E-state index in [-0.39, 0.29) is 17.9 Å². The van der Waals surface area contributed by atoms with Crippen molar-refractivity contribution in [3.05, 3.63) is 23.7 Å². The third-order valence-corrected chi connectivity index (χ3v) is 4.38. The number of rotatable bonds is 5. The number of nitrogens with one attached hydrogen (secondary N) is 1. The molecule has 3 heterocycles. The molecule has 6 heteroatoms. The second-order valence-electron chi connectivity index (χ2n) is 5.88. The highest BCUT2D eigenvalue weighted by Gasteiger charge is 2.32. The van der Waals surface area contributed by atoms with Gasteiger partial charge in [0.25, 0.3) is 0 Å². The summed E-state index contributed by atoms with van der Waals surface area (Å²) in [7, 11) is 0. The number of carboxylic acid groups (broad SMARTS) is 1. The van der Waals surface area contributed by atoms with Gasteiger partial charge in [-0.25, -0.2) is 4.79 Å². The van der Waals surface area contributed by atoms with Gasteiger partial charge in [-0.1, -0.05) is 0 Å². The zero-order valence-corrected chi connectivity index (χ0v) is 12.2. The number of hydrogen-bond acceptors (Lipinski definition) is 5. The average molecular weight is 294 g/mol. The molecule has 0 amide bonds. The Morgan fingerprint density at radius 1 is 1.57 bits per heavy atom. The van der Waals surface area contributed by atoms with Gasteiger partial charge in [-0.15, -0.1) is 0 Å². The Bertz CT molecular complexity index is 502. The molecular weight excluding hydrogens is 272 g/mol. The fourth-order valence-electron chi connectivity index (χ4n) is 3.12. The van der Waals surface area contributed by atoms with Crippen LogP contribution in [0.2, 0.25) is 0 Å². The van der Waals surface area contributed by atoms with Crippen LogP contribution in [0.5, 0.6) is 0 Å². The number of carboxylic acids is 1. The number of nitrogens with zero attached hydrogens (tertiary/aromatic N) is 1. The molecule has 1 aromatic heterocycles. The van der Waals surface area contributed by atoms with E-state index in [1.807, 2.05) is 6.92 Å². The highest BCUT2D eigenvalue weighted by molar-refractivity contribution is 5.84. The molecule has 0 aliphatic carbocycles. The molecule has 3 atom stereocenters. The smallest absolute Gasteiger partial charge is 0.371 e. The van der Waals surface area contributed by atoms with Crippen LogP contribution in [0.3, 0.4) is 0 Å². The predicted octanol–water partition coefficient (Wildman–Crippen LogP) is 1.49. The predicted molar refractivity (Wildman–Crippen MR) is 76.4 cm³/mol. The third kappa shape index (κ3) is 3.28. The molecule has 0 radical (unpaired) electrons. The Morgan fingerprint density at radius 2 is 2.43 bits per heavy atom. The van der Waals surface area contributed by atoms with Crippen LogP contribution in [0.25, 0.3) is 0 Å². The zero-order chi connectivity index (χ0) is 14.8. The normalized spacial score (nSPS) is 27.5. The summed E-state index contributed by atoms with van der Waals surface area (Å²) in [5.41, 5.74) is 0. The van der Waals surface area contributed by atoms with Crippen molar-refractivity contribution in [1.29, 1.82) is 0 Å². The van der Waals surface area contributed by atoms with Crippen molar-refractivity contribution in [3.8, 4) is 0 Å². The lowest BCUT2D eigenvalue weighted by Gasteiger charge is -2.35. The van der Waals surface area contributed by atoms with Crippen molar-refractivity contribution >= 4 is 5.97 Å². The Kier molecular flexibility index (Phi) is 4.28. The first-order valence-electron chi connectivity index (χ1n) is 7.55. The Labute approximate surface area is 124 Å². The lowest BCUT2D eigenvalue weighted by atomic mass is 10.1. The number of aromatic carboxylic acids is 1. The molecule has 1 aromatic rings. The Balaban J connectivity index is 1.49. The monoisotopic (exact) mass is 294 g/mol. The van der Waals surface area contributed by atoms with Crippen molar-refractivity contribution in [1.82, 2.24) is 10.2 Å². The van der Waals surface area contributed by atoms with Crippen LogP contribution in [-0.4, -0.2) is 54.4 Å². The molecule has 0 bridgehead atoms. The van der Waals surface area contributed by atoms with Crippen molar-refractivity contribution in [2.45, 2.75) is 38.0 Å². The highest BCUT2D eigenvalue weighted by atomic mass is 16.5. The molecule has 0 saturated carbocycles. The third-order valence-electron chi connectivity index (χ3n) is 4.38. The minimum atomic E-state index is -1.04. The van der Waals surface area contributed by atoms with E-state index in [0.717, 1.165) is 19.7 Å². The summed E-state index contributed by atoms with van der Waals surface area (Å²) in [6.45, 7) is 5.69. The van der Waals surface area contributed by atoms with Crippen LogP contribution in [0.15, 0.2) is 16.5 Å². The molecule has 0 spiro atoms. The van der Waals surface area contributed by atoms with Gasteiger partial charge in [0.05, 0.1) is 18.8 Å². The van der Waals surface area contributed by atoms with Crippen LogP contribution in [0.1, 0.15) is 42.1 Å². The zero-order valence-electron chi connectivity index (χ0n) is 12.2. The largest absolute Gasteiger partial charge is 0.475 e. The highest BCUT2D eigenvalue weighted by Crippen LogP contribution is 2.23. The summed E-state index contributed by atoms with van der Waals surface area (Å²) in [6.07, 6.45) is 2.71. The number of ether oxygens (including phenoxy) is 1. The van der Waals surface area contributed by atoms with E-state index in [1.54, 1.807) is 6.07 Å². The molecule has 2 aliphatic heterocycles. The van der Waals surface area contributed by atoms with Crippen molar-refractivity contribution in [2.75, 3.05) is 26.2 Å². The molecule has 2 N–H and O–H groups in total. The first kappa shape index (κ1) is 14.6. The molecule has 2 aliphatic rings. The van der Waals surface area contributed by atoms with Crippen molar-refractivity contribution < 1.29 is 19.1 Å². The van der Waals surface area contributed by atoms with Gasteiger partial charge in [0.15, 0.2) is 0 Å². The molecule has 2 fully saturated rings. The number of furan rings is 1. The molecule has 116 valence electrons. The molecule has 3 unspecified atom stereocenters. The van der Waals surface area contributed by atoms with Crippen molar-refractivity contribution in [2.24, 2.45) is 0 Å². The second kappa shape index (κ2) is 6.17. The average Bonchev–Trinajstić information content (AvgIpc) is 3.12. The van der Waals surface area contributed by atoms with Gasteiger partial charge in [-0.05, 0) is 38.4 Å². The first-order chi connectivity index (χ1) is 10.1. The minimum absolute atomic E-state index is 0.0209. The van der Waals surface area contributed by atoms with Crippen LogP contribution in [-0.2, 0) is 4.74 Å². The lowest BCUT2D eigenvalue weighted by molar-refractivity contribution is -0.0479. The van der Waals surface area contributed by atoms with Gasteiger partial charge in [0, 0.05) is 19.1 Å². The Morgan fingerprint density at radius 3 is 3.19 bits per heavy atom. The molecule has 3 rings (SSSR count). The van der Waals surface area contributed by atoms with E-state index < -0.39 is 5.97 Å². The second-order valence-corrected chi connectivity index (χ2v) is 5.88. The maximum Gasteiger partial charge on any atom is 0.371 e. The summed E-state index contributed by atoms with van der Waals surface area (Å²) in [5, 5.41) is 12.2. The van der Waals surface area contributed by atoms with E-state index in [2.05, 4.69) is 10.2 Å².